The Morgan fingerprint density at radius 1 is 1.04 bits per heavy atom. The summed E-state index contributed by atoms with van der Waals surface area (Å²) in [6.07, 6.45) is 1.56. The molecular formula is C22H21ClFN3. The molecule has 5 heteroatoms. The molecule has 2 aromatic carbocycles. The molecule has 0 saturated carbocycles. The summed E-state index contributed by atoms with van der Waals surface area (Å²) < 4.78 is 13.2. The van der Waals surface area contributed by atoms with E-state index in [4.69, 9.17) is 16.6 Å². The minimum atomic E-state index is -0.230. The third-order valence-electron chi connectivity index (χ3n) is 5.17. The van der Waals surface area contributed by atoms with Crippen LogP contribution in [0.5, 0.6) is 0 Å². The van der Waals surface area contributed by atoms with Gasteiger partial charge >= 0.3 is 0 Å². The number of hydrogen-bond donors (Lipinski definition) is 0. The van der Waals surface area contributed by atoms with Crippen molar-refractivity contribution in [2.45, 2.75) is 33.2 Å². The first kappa shape index (κ1) is 17.9. The second-order valence-corrected chi connectivity index (χ2v) is 7.50. The van der Waals surface area contributed by atoms with Crippen LogP contribution in [0.15, 0.2) is 42.5 Å². The molecule has 138 valence electrons. The van der Waals surface area contributed by atoms with E-state index in [0.29, 0.717) is 6.42 Å². The quantitative estimate of drug-likeness (QED) is 0.636. The predicted molar refractivity (Wildman–Crippen MR) is 107 cm³/mol. The Labute approximate surface area is 163 Å². The van der Waals surface area contributed by atoms with Gasteiger partial charge in [0, 0.05) is 35.8 Å². The number of nitrogens with zero attached hydrogens (tertiary/aromatic N) is 3. The minimum Gasteiger partial charge on any atom is -0.352 e. The van der Waals surface area contributed by atoms with Crippen LogP contribution in [0, 0.1) is 19.7 Å². The molecule has 0 bridgehead atoms. The molecule has 0 amide bonds. The van der Waals surface area contributed by atoms with Gasteiger partial charge in [-0.15, -0.1) is 0 Å². The van der Waals surface area contributed by atoms with Crippen molar-refractivity contribution in [1.29, 1.82) is 0 Å². The van der Waals surface area contributed by atoms with Crippen molar-refractivity contribution in [2.75, 3.05) is 11.4 Å². The Hall–Kier alpha value is -2.46. The third-order valence-corrected chi connectivity index (χ3v) is 5.40. The summed E-state index contributed by atoms with van der Waals surface area (Å²) >= 11 is 6.18. The summed E-state index contributed by atoms with van der Waals surface area (Å²) in [5, 5.41) is 0.767. The number of benzene rings is 2. The summed E-state index contributed by atoms with van der Waals surface area (Å²) in [6.45, 7) is 5.80. The maximum absolute atomic E-state index is 13.2. The van der Waals surface area contributed by atoms with E-state index in [1.807, 2.05) is 19.1 Å². The van der Waals surface area contributed by atoms with Gasteiger partial charge in [-0.1, -0.05) is 29.8 Å². The van der Waals surface area contributed by atoms with E-state index in [1.165, 1.54) is 23.3 Å². The van der Waals surface area contributed by atoms with Gasteiger partial charge in [-0.3, -0.25) is 0 Å². The molecule has 4 rings (SSSR count). The highest BCUT2D eigenvalue weighted by molar-refractivity contribution is 6.30. The van der Waals surface area contributed by atoms with Crippen molar-refractivity contribution < 1.29 is 4.39 Å². The molecule has 1 aliphatic heterocycles. The van der Waals surface area contributed by atoms with Crippen LogP contribution in [0.4, 0.5) is 10.2 Å². The summed E-state index contributed by atoms with van der Waals surface area (Å²) in [5.74, 6) is 1.51. The first-order valence-corrected chi connectivity index (χ1v) is 9.48. The van der Waals surface area contributed by atoms with Gasteiger partial charge in [0.05, 0.1) is 0 Å². The van der Waals surface area contributed by atoms with Crippen LogP contribution in [0.1, 0.15) is 33.8 Å². The topological polar surface area (TPSA) is 29.0 Å². The Balaban J connectivity index is 1.64. The van der Waals surface area contributed by atoms with E-state index in [2.05, 4.69) is 22.9 Å². The summed E-state index contributed by atoms with van der Waals surface area (Å²) in [5.41, 5.74) is 5.69. The SMILES string of the molecule is Cc1nc(Cc2ccc(F)cc2)nc(N2CCc3ccc(Cl)cc3C2)c1C. The van der Waals surface area contributed by atoms with Gasteiger partial charge in [0.15, 0.2) is 0 Å². The number of halogens is 2. The zero-order chi connectivity index (χ0) is 19.0. The smallest absolute Gasteiger partial charge is 0.135 e. The maximum atomic E-state index is 13.2. The molecule has 0 N–H and O–H groups in total. The van der Waals surface area contributed by atoms with Crippen LogP contribution >= 0.6 is 11.6 Å². The van der Waals surface area contributed by atoms with Crippen molar-refractivity contribution >= 4 is 17.4 Å². The van der Waals surface area contributed by atoms with E-state index in [0.717, 1.165) is 53.0 Å². The molecule has 0 spiro atoms. The van der Waals surface area contributed by atoms with E-state index >= 15 is 0 Å². The number of aromatic nitrogens is 2. The van der Waals surface area contributed by atoms with Crippen LogP contribution in [-0.2, 0) is 19.4 Å². The monoisotopic (exact) mass is 381 g/mol. The molecule has 1 aromatic heterocycles. The van der Waals surface area contributed by atoms with Gasteiger partial charge in [0.1, 0.15) is 17.5 Å². The van der Waals surface area contributed by atoms with E-state index < -0.39 is 0 Å². The third kappa shape index (κ3) is 3.81. The number of aryl methyl sites for hydroxylation is 1. The lowest BCUT2D eigenvalue weighted by Gasteiger charge is -2.31. The zero-order valence-corrected chi connectivity index (χ0v) is 16.2. The normalized spacial score (nSPS) is 13.6. The first-order chi connectivity index (χ1) is 13.0. The predicted octanol–water partition coefficient (Wildman–Crippen LogP) is 5.04. The fourth-order valence-electron chi connectivity index (χ4n) is 3.55. The highest BCUT2D eigenvalue weighted by Gasteiger charge is 2.21. The van der Waals surface area contributed by atoms with Gasteiger partial charge in [-0.05, 0) is 61.2 Å². The second-order valence-electron chi connectivity index (χ2n) is 7.06. The van der Waals surface area contributed by atoms with E-state index in [-0.39, 0.29) is 5.82 Å². The molecule has 0 radical (unpaired) electrons. The lowest BCUT2D eigenvalue weighted by molar-refractivity contribution is 0.627. The van der Waals surface area contributed by atoms with Gasteiger partial charge in [-0.25, -0.2) is 14.4 Å². The summed E-state index contributed by atoms with van der Waals surface area (Å²) in [7, 11) is 0. The van der Waals surface area contributed by atoms with Gasteiger partial charge in [0.25, 0.3) is 0 Å². The molecule has 0 unspecified atom stereocenters. The molecule has 3 nitrogen and oxygen atoms in total. The molecule has 3 aromatic rings. The number of hydrogen-bond acceptors (Lipinski definition) is 3. The highest BCUT2D eigenvalue weighted by atomic mass is 35.5. The average Bonchev–Trinajstić information content (AvgIpc) is 2.66. The fourth-order valence-corrected chi connectivity index (χ4v) is 3.74. The highest BCUT2D eigenvalue weighted by Crippen LogP contribution is 2.28. The number of rotatable bonds is 3. The lowest BCUT2D eigenvalue weighted by Crippen LogP contribution is -2.32. The van der Waals surface area contributed by atoms with E-state index in [9.17, 15) is 4.39 Å². The van der Waals surface area contributed by atoms with Gasteiger partial charge in [0.2, 0.25) is 0 Å². The molecule has 0 aliphatic carbocycles. The van der Waals surface area contributed by atoms with Crippen molar-refractivity contribution in [3.05, 3.63) is 87.1 Å². The fraction of sp³-hybridized carbons (Fsp3) is 0.273. The largest absolute Gasteiger partial charge is 0.352 e. The molecule has 0 atom stereocenters. The Morgan fingerprint density at radius 2 is 1.81 bits per heavy atom. The molecule has 0 saturated heterocycles. The Bertz CT molecular complexity index is 986. The number of fused-ring (bicyclic) bond motifs is 1. The average molecular weight is 382 g/mol. The summed E-state index contributed by atoms with van der Waals surface area (Å²) in [4.78, 5) is 11.8. The first-order valence-electron chi connectivity index (χ1n) is 9.10. The van der Waals surface area contributed by atoms with Gasteiger partial charge in [-0.2, -0.15) is 0 Å². The standard InChI is InChI=1S/C22H21ClFN3/c1-14-15(2)25-21(11-16-3-7-20(24)8-4-16)26-22(14)27-10-9-17-5-6-19(23)12-18(17)13-27/h3-8,12H,9-11,13H2,1-2H3. The van der Waals surface area contributed by atoms with E-state index in [1.54, 1.807) is 12.1 Å². The molecular weight excluding hydrogens is 361 g/mol. The van der Waals surface area contributed by atoms with Crippen molar-refractivity contribution in [2.24, 2.45) is 0 Å². The molecule has 0 fully saturated rings. The molecule has 2 heterocycles. The summed E-state index contributed by atoms with van der Waals surface area (Å²) in [6, 6.07) is 12.6. The lowest BCUT2D eigenvalue weighted by atomic mass is 9.99. The van der Waals surface area contributed by atoms with Crippen LogP contribution in [0.3, 0.4) is 0 Å². The minimum absolute atomic E-state index is 0.230. The van der Waals surface area contributed by atoms with Crippen LogP contribution in [0.25, 0.3) is 0 Å². The maximum Gasteiger partial charge on any atom is 0.135 e. The van der Waals surface area contributed by atoms with Gasteiger partial charge < -0.3 is 4.90 Å². The number of anilines is 1. The van der Waals surface area contributed by atoms with Crippen molar-refractivity contribution in [3.8, 4) is 0 Å². The van der Waals surface area contributed by atoms with Crippen LogP contribution < -0.4 is 4.90 Å². The van der Waals surface area contributed by atoms with Crippen molar-refractivity contribution in [3.63, 3.8) is 0 Å². The second kappa shape index (κ2) is 7.28. The van der Waals surface area contributed by atoms with Crippen LogP contribution in [0.2, 0.25) is 5.02 Å². The Morgan fingerprint density at radius 3 is 2.59 bits per heavy atom. The molecule has 1 aliphatic rings. The Kier molecular flexibility index (Phi) is 4.83. The molecule has 27 heavy (non-hydrogen) atoms. The van der Waals surface area contributed by atoms with Crippen molar-refractivity contribution in [1.82, 2.24) is 9.97 Å². The van der Waals surface area contributed by atoms with Crippen LogP contribution in [-0.4, -0.2) is 16.5 Å². The zero-order valence-electron chi connectivity index (χ0n) is 15.5.